The minimum Gasteiger partial charge on any atom is -0.481 e. The monoisotopic (exact) mass is 234 g/mol. The van der Waals surface area contributed by atoms with Crippen LogP contribution in [0.5, 0.6) is 0 Å². The third-order valence-corrected chi connectivity index (χ3v) is 4.62. The number of thioether (sulfide) groups is 2. The lowest BCUT2D eigenvalue weighted by molar-refractivity contribution is -0.138. The zero-order chi connectivity index (χ0) is 10.4. The molecular formula is C10H18O2S2. The zero-order valence-electron chi connectivity index (χ0n) is 8.62. The van der Waals surface area contributed by atoms with Crippen LogP contribution in [-0.2, 0) is 4.79 Å². The summed E-state index contributed by atoms with van der Waals surface area (Å²) in [6.07, 6.45) is 5.98. The summed E-state index contributed by atoms with van der Waals surface area (Å²) >= 11 is 3.81. The van der Waals surface area contributed by atoms with Gasteiger partial charge in [0.1, 0.15) is 0 Å². The number of aliphatic carboxylic acids is 1. The Kier molecular flexibility index (Phi) is 5.17. The topological polar surface area (TPSA) is 37.3 Å². The van der Waals surface area contributed by atoms with Gasteiger partial charge in [0.05, 0.1) is 6.42 Å². The van der Waals surface area contributed by atoms with Gasteiger partial charge < -0.3 is 5.11 Å². The maximum Gasteiger partial charge on any atom is 0.303 e. The van der Waals surface area contributed by atoms with Gasteiger partial charge in [0.15, 0.2) is 0 Å². The number of carboxylic acid groups (broad SMARTS) is 1. The van der Waals surface area contributed by atoms with Crippen LogP contribution in [-0.4, -0.2) is 34.6 Å². The minimum atomic E-state index is -0.632. The SMILES string of the molecule is CSCCCSCC1(CC(=O)O)CC1. The molecule has 1 aliphatic carbocycles. The molecule has 1 saturated carbocycles. The maximum atomic E-state index is 10.6. The van der Waals surface area contributed by atoms with Crippen molar-refractivity contribution in [2.24, 2.45) is 5.41 Å². The van der Waals surface area contributed by atoms with Crippen molar-refractivity contribution in [1.82, 2.24) is 0 Å². The Morgan fingerprint density at radius 2 is 2.14 bits per heavy atom. The molecule has 0 bridgehead atoms. The van der Waals surface area contributed by atoms with Gasteiger partial charge in [-0.3, -0.25) is 4.79 Å². The van der Waals surface area contributed by atoms with E-state index in [4.69, 9.17) is 5.11 Å². The van der Waals surface area contributed by atoms with Crippen LogP contribution in [0, 0.1) is 5.41 Å². The molecule has 0 aromatic carbocycles. The second-order valence-electron chi connectivity index (χ2n) is 3.97. The van der Waals surface area contributed by atoms with Gasteiger partial charge in [-0.05, 0) is 48.2 Å². The fourth-order valence-corrected chi connectivity index (χ4v) is 3.40. The van der Waals surface area contributed by atoms with Gasteiger partial charge >= 0.3 is 5.97 Å². The predicted molar refractivity (Wildman–Crippen MR) is 64.2 cm³/mol. The Bertz CT molecular complexity index is 191. The van der Waals surface area contributed by atoms with Crippen LogP contribution in [0.15, 0.2) is 0 Å². The number of hydrogen-bond donors (Lipinski definition) is 1. The molecule has 0 amide bonds. The van der Waals surface area contributed by atoms with Crippen molar-refractivity contribution >= 4 is 29.5 Å². The van der Waals surface area contributed by atoms with Crippen molar-refractivity contribution in [3.8, 4) is 0 Å². The molecule has 1 rings (SSSR count). The van der Waals surface area contributed by atoms with E-state index in [-0.39, 0.29) is 5.41 Å². The third kappa shape index (κ3) is 4.60. The number of rotatable bonds is 8. The Hall–Kier alpha value is 0.170. The summed E-state index contributed by atoms with van der Waals surface area (Å²) < 4.78 is 0. The fraction of sp³-hybridized carbons (Fsp3) is 0.900. The van der Waals surface area contributed by atoms with E-state index in [9.17, 15) is 4.79 Å². The van der Waals surface area contributed by atoms with Crippen molar-refractivity contribution in [2.75, 3.05) is 23.5 Å². The molecule has 0 radical (unpaired) electrons. The van der Waals surface area contributed by atoms with Crippen molar-refractivity contribution in [1.29, 1.82) is 0 Å². The highest BCUT2D eigenvalue weighted by molar-refractivity contribution is 7.99. The quantitative estimate of drug-likeness (QED) is 0.655. The van der Waals surface area contributed by atoms with E-state index in [0.717, 1.165) is 18.6 Å². The predicted octanol–water partition coefficient (Wildman–Crippen LogP) is 2.73. The lowest BCUT2D eigenvalue weighted by Crippen LogP contribution is -2.11. The van der Waals surface area contributed by atoms with Crippen LogP contribution >= 0.6 is 23.5 Å². The first-order valence-corrected chi connectivity index (χ1v) is 7.52. The van der Waals surface area contributed by atoms with Crippen LogP contribution < -0.4 is 0 Å². The van der Waals surface area contributed by atoms with Crippen LogP contribution in [0.4, 0.5) is 0 Å². The lowest BCUT2D eigenvalue weighted by atomic mass is 10.1. The molecule has 1 N–H and O–H groups in total. The van der Waals surface area contributed by atoms with Gasteiger partial charge in [0, 0.05) is 0 Å². The average Bonchev–Trinajstić information content (AvgIpc) is 2.84. The Morgan fingerprint density at radius 3 is 2.64 bits per heavy atom. The molecule has 0 atom stereocenters. The molecule has 1 fully saturated rings. The largest absolute Gasteiger partial charge is 0.481 e. The van der Waals surface area contributed by atoms with Crippen LogP contribution in [0.3, 0.4) is 0 Å². The Morgan fingerprint density at radius 1 is 1.43 bits per heavy atom. The first kappa shape index (κ1) is 12.2. The summed E-state index contributed by atoms with van der Waals surface area (Å²) in [5.74, 6) is 2.82. The van der Waals surface area contributed by atoms with Crippen molar-refractivity contribution < 1.29 is 9.90 Å². The highest BCUT2D eigenvalue weighted by atomic mass is 32.2. The molecule has 0 heterocycles. The molecule has 0 saturated heterocycles. The van der Waals surface area contributed by atoms with E-state index in [0.29, 0.717) is 6.42 Å². The van der Waals surface area contributed by atoms with E-state index in [2.05, 4.69) is 6.26 Å². The Balaban J connectivity index is 2.03. The zero-order valence-corrected chi connectivity index (χ0v) is 10.3. The van der Waals surface area contributed by atoms with Crippen LogP contribution in [0.1, 0.15) is 25.7 Å². The summed E-state index contributed by atoms with van der Waals surface area (Å²) in [5.41, 5.74) is 0.176. The standard InChI is InChI=1S/C10H18O2S2/c1-13-5-2-6-14-8-10(3-4-10)7-9(11)12/h2-8H2,1H3,(H,11,12). The maximum absolute atomic E-state index is 10.6. The van der Waals surface area contributed by atoms with Crippen molar-refractivity contribution in [3.05, 3.63) is 0 Å². The van der Waals surface area contributed by atoms with Gasteiger partial charge in [-0.2, -0.15) is 23.5 Å². The molecule has 0 spiro atoms. The van der Waals surface area contributed by atoms with Gasteiger partial charge in [-0.1, -0.05) is 0 Å². The van der Waals surface area contributed by atoms with Gasteiger partial charge in [-0.25, -0.2) is 0 Å². The summed E-state index contributed by atoms with van der Waals surface area (Å²) in [5, 5.41) is 8.72. The Labute approximate surface area is 94.2 Å². The molecule has 0 aliphatic heterocycles. The van der Waals surface area contributed by atoms with E-state index in [1.807, 2.05) is 23.5 Å². The normalized spacial score (nSPS) is 18.1. The number of carbonyl (C=O) groups is 1. The van der Waals surface area contributed by atoms with Crippen molar-refractivity contribution in [3.63, 3.8) is 0 Å². The minimum absolute atomic E-state index is 0.176. The summed E-state index contributed by atoms with van der Waals surface area (Å²) in [6, 6.07) is 0. The highest BCUT2D eigenvalue weighted by Gasteiger charge is 2.43. The van der Waals surface area contributed by atoms with E-state index >= 15 is 0 Å². The number of carboxylic acids is 1. The van der Waals surface area contributed by atoms with E-state index < -0.39 is 5.97 Å². The van der Waals surface area contributed by atoms with Crippen LogP contribution in [0.25, 0.3) is 0 Å². The molecule has 0 aromatic rings. The smallest absolute Gasteiger partial charge is 0.303 e. The first-order valence-electron chi connectivity index (χ1n) is 4.97. The number of hydrogen-bond acceptors (Lipinski definition) is 3. The van der Waals surface area contributed by atoms with Gasteiger partial charge in [-0.15, -0.1) is 0 Å². The molecule has 2 nitrogen and oxygen atoms in total. The highest BCUT2D eigenvalue weighted by Crippen LogP contribution is 2.51. The molecule has 14 heavy (non-hydrogen) atoms. The van der Waals surface area contributed by atoms with E-state index in [1.165, 1.54) is 17.9 Å². The molecule has 1 aliphatic rings. The molecule has 82 valence electrons. The molecule has 0 aromatic heterocycles. The molecule has 4 heteroatoms. The fourth-order valence-electron chi connectivity index (χ4n) is 1.46. The summed E-state index contributed by atoms with van der Waals surface area (Å²) in [6.45, 7) is 0. The summed E-state index contributed by atoms with van der Waals surface area (Å²) in [4.78, 5) is 10.6. The molecular weight excluding hydrogens is 216 g/mol. The summed E-state index contributed by atoms with van der Waals surface area (Å²) in [7, 11) is 0. The van der Waals surface area contributed by atoms with Gasteiger partial charge in [0.2, 0.25) is 0 Å². The molecule has 0 unspecified atom stereocenters. The first-order chi connectivity index (χ1) is 6.68. The third-order valence-electron chi connectivity index (χ3n) is 2.53. The average molecular weight is 234 g/mol. The van der Waals surface area contributed by atoms with Crippen molar-refractivity contribution in [2.45, 2.75) is 25.7 Å². The lowest BCUT2D eigenvalue weighted by Gasteiger charge is -2.11. The van der Waals surface area contributed by atoms with Gasteiger partial charge in [0.25, 0.3) is 0 Å². The second kappa shape index (κ2) is 5.91. The van der Waals surface area contributed by atoms with E-state index in [1.54, 1.807) is 0 Å². The van der Waals surface area contributed by atoms with Crippen LogP contribution in [0.2, 0.25) is 0 Å². The second-order valence-corrected chi connectivity index (χ2v) is 6.06.